The molecule has 0 unspecified atom stereocenters. The van der Waals surface area contributed by atoms with Gasteiger partial charge in [-0.2, -0.15) is 0 Å². The van der Waals surface area contributed by atoms with Crippen molar-refractivity contribution in [3.8, 4) is 0 Å². The van der Waals surface area contributed by atoms with Gasteiger partial charge in [-0.25, -0.2) is 0 Å². The highest BCUT2D eigenvalue weighted by atomic mass is 33.1. The van der Waals surface area contributed by atoms with Gasteiger partial charge in [0.05, 0.1) is 24.9 Å². The van der Waals surface area contributed by atoms with E-state index >= 15 is 0 Å². The first-order chi connectivity index (χ1) is 22.8. The summed E-state index contributed by atoms with van der Waals surface area (Å²) in [5, 5.41) is 35.8. The number of hydrogen-bond acceptors (Lipinski definition) is 7. The lowest BCUT2D eigenvalue weighted by Gasteiger charge is -2.63. The van der Waals surface area contributed by atoms with Crippen molar-refractivity contribution in [3.05, 3.63) is 29.8 Å². The van der Waals surface area contributed by atoms with E-state index in [9.17, 15) is 24.9 Å². The van der Waals surface area contributed by atoms with E-state index in [1.165, 1.54) is 10.5 Å². The van der Waals surface area contributed by atoms with E-state index in [-0.39, 0.29) is 65.0 Å². The summed E-state index contributed by atoms with van der Waals surface area (Å²) in [7, 11) is 3.44. The molecule has 0 saturated heterocycles. The molecule has 270 valence electrons. The second-order valence-electron chi connectivity index (χ2n) is 16.5. The van der Waals surface area contributed by atoms with Gasteiger partial charge in [0.15, 0.2) is 0 Å². The molecule has 4 N–H and O–H groups in total. The van der Waals surface area contributed by atoms with Crippen LogP contribution in [0.1, 0.15) is 104 Å². The highest BCUT2D eigenvalue weighted by Gasteiger charge is 2.65. The Morgan fingerprint density at radius 2 is 1.75 bits per heavy atom. The lowest BCUT2D eigenvalue weighted by Crippen LogP contribution is -2.62. The first kappa shape index (κ1) is 38.0. The SMILES string of the molecule is CC(C)Cc1ccc(SSCCC(=O)NCCO[C@H]2CC[C@]3(C)[C@H](C2)C[C@H](O)[C@H]2[C@H]3C[C@@H](O)[C@]3(C)[C@@H]2CC[C@@H]3[C@@H](C)CCC(=O)O)cc1. The zero-order valence-electron chi connectivity index (χ0n) is 29.9. The Morgan fingerprint density at radius 3 is 2.46 bits per heavy atom. The summed E-state index contributed by atoms with van der Waals surface area (Å²) in [5.74, 6) is 2.35. The number of carboxylic acid groups (broad SMARTS) is 1. The van der Waals surface area contributed by atoms with Gasteiger partial charge in [0.1, 0.15) is 0 Å². The first-order valence-electron chi connectivity index (χ1n) is 18.7. The summed E-state index contributed by atoms with van der Waals surface area (Å²) in [6.45, 7) is 12.3. The van der Waals surface area contributed by atoms with Crippen LogP contribution in [-0.2, 0) is 20.7 Å². The van der Waals surface area contributed by atoms with E-state index in [0.717, 1.165) is 57.1 Å². The lowest BCUT2D eigenvalue weighted by molar-refractivity contribution is -0.209. The molecular formula is C39H61NO6S2. The van der Waals surface area contributed by atoms with Crippen molar-refractivity contribution in [3.63, 3.8) is 0 Å². The Hall–Kier alpha value is -1.26. The number of carbonyl (C=O) groups excluding carboxylic acids is 1. The monoisotopic (exact) mass is 703 g/mol. The van der Waals surface area contributed by atoms with Gasteiger partial charge in [-0.05, 0) is 128 Å². The minimum atomic E-state index is -0.754. The molecule has 9 heteroatoms. The maximum atomic E-state index is 12.4. The number of aliphatic carboxylic acids is 1. The van der Waals surface area contributed by atoms with Gasteiger partial charge in [-0.3, -0.25) is 9.59 Å². The molecule has 4 aliphatic rings. The first-order valence-corrected chi connectivity index (χ1v) is 21.0. The van der Waals surface area contributed by atoms with Gasteiger partial charge in [-0.1, -0.05) is 68.3 Å². The normalized spacial score (nSPS) is 36.6. The number of aliphatic hydroxyl groups excluding tert-OH is 2. The summed E-state index contributed by atoms with van der Waals surface area (Å²) in [6.07, 6.45) is 8.18. The lowest BCUT2D eigenvalue weighted by atomic mass is 9.43. The molecule has 0 radical (unpaired) electrons. The summed E-state index contributed by atoms with van der Waals surface area (Å²) >= 11 is 0. The fraction of sp³-hybridized carbons (Fsp3) is 0.795. The Morgan fingerprint density at radius 1 is 1.00 bits per heavy atom. The molecule has 4 aliphatic carbocycles. The summed E-state index contributed by atoms with van der Waals surface area (Å²) in [5.41, 5.74) is 1.16. The molecule has 7 nitrogen and oxygen atoms in total. The maximum absolute atomic E-state index is 12.4. The Balaban J connectivity index is 1.04. The van der Waals surface area contributed by atoms with Crippen molar-refractivity contribution in [2.75, 3.05) is 18.9 Å². The fourth-order valence-electron chi connectivity index (χ4n) is 10.7. The zero-order valence-corrected chi connectivity index (χ0v) is 31.5. The van der Waals surface area contributed by atoms with Gasteiger partial charge in [0, 0.05) is 30.0 Å². The van der Waals surface area contributed by atoms with E-state index in [1.54, 1.807) is 21.6 Å². The molecule has 0 aromatic heterocycles. The van der Waals surface area contributed by atoms with Gasteiger partial charge in [0.25, 0.3) is 0 Å². The second kappa shape index (κ2) is 16.4. The minimum absolute atomic E-state index is 0.0601. The van der Waals surface area contributed by atoms with Crippen LogP contribution in [0.4, 0.5) is 0 Å². The van der Waals surface area contributed by atoms with Crippen LogP contribution in [0.25, 0.3) is 0 Å². The fourth-order valence-corrected chi connectivity index (χ4v) is 12.7. The largest absolute Gasteiger partial charge is 0.481 e. The summed E-state index contributed by atoms with van der Waals surface area (Å²) in [6, 6.07) is 8.73. The standard InChI is InChI=1S/C39H61NO6S2/c1-24(2)20-26-7-9-29(10-8-26)48-47-19-15-35(43)40-17-18-46-28-14-16-38(4)27(21-28)22-33(41)37-31-12-11-30(25(3)6-13-36(44)45)39(31,5)34(42)23-32(37)38/h7-10,24-25,27-28,30-34,37,41-42H,6,11-23H2,1-5H3,(H,40,43)(H,44,45)/t25-,27+,28-,30+,31+,32+,33-,34+,37+,38+,39-/m0/s1. The number of benzene rings is 1. The minimum Gasteiger partial charge on any atom is -0.481 e. The molecule has 0 spiro atoms. The molecular weight excluding hydrogens is 643 g/mol. The predicted molar refractivity (Wildman–Crippen MR) is 195 cm³/mol. The third-order valence-electron chi connectivity index (χ3n) is 13.2. The molecule has 1 aromatic rings. The van der Waals surface area contributed by atoms with Crippen molar-refractivity contribution in [2.45, 2.75) is 128 Å². The van der Waals surface area contributed by atoms with Gasteiger partial charge < -0.3 is 25.4 Å². The van der Waals surface area contributed by atoms with Crippen LogP contribution < -0.4 is 5.32 Å². The van der Waals surface area contributed by atoms with Gasteiger partial charge in [0.2, 0.25) is 5.91 Å². The predicted octanol–water partition coefficient (Wildman–Crippen LogP) is 7.62. The summed E-state index contributed by atoms with van der Waals surface area (Å²) in [4.78, 5) is 24.9. The molecule has 0 heterocycles. The number of rotatable bonds is 15. The zero-order chi connectivity index (χ0) is 34.6. The smallest absolute Gasteiger partial charge is 0.303 e. The van der Waals surface area contributed by atoms with E-state index in [1.807, 2.05) is 0 Å². The van der Waals surface area contributed by atoms with Crippen molar-refractivity contribution in [1.82, 2.24) is 5.32 Å². The summed E-state index contributed by atoms with van der Waals surface area (Å²) < 4.78 is 6.31. The highest BCUT2D eigenvalue weighted by molar-refractivity contribution is 8.76. The third-order valence-corrected chi connectivity index (χ3v) is 15.6. The van der Waals surface area contributed by atoms with Crippen LogP contribution in [0.5, 0.6) is 0 Å². The molecule has 0 aliphatic heterocycles. The molecule has 4 fully saturated rings. The topological polar surface area (TPSA) is 116 Å². The number of nitrogens with one attached hydrogen (secondary N) is 1. The van der Waals surface area contributed by atoms with Crippen LogP contribution in [0.2, 0.25) is 0 Å². The van der Waals surface area contributed by atoms with Crippen LogP contribution >= 0.6 is 21.6 Å². The van der Waals surface area contributed by atoms with E-state index in [0.29, 0.717) is 37.8 Å². The van der Waals surface area contributed by atoms with Crippen molar-refractivity contribution < 1.29 is 29.6 Å². The van der Waals surface area contributed by atoms with Crippen LogP contribution in [0.3, 0.4) is 0 Å². The molecule has 48 heavy (non-hydrogen) atoms. The van der Waals surface area contributed by atoms with E-state index in [4.69, 9.17) is 4.74 Å². The number of fused-ring (bicyclic) bond motifs is 5. The van der Waals surface area contributed by atoms with Crippen molar-refractivity contribution in [1.29, 1.82) is 0 Å². The Labute approximate surface area is 296 Å². The van der Waals surface area contributed by atoms with Crippen LogP contribution in [0, 0.1) is 52.3 Å². The van der Waals surface area contributed by atoms with E-state index < -0.39 is 12.1 Å². The van der Waals surface area contributed by atoms with Crippen LogP contribution in [0.15, 0.2) is 29.2 Å². The molecule has 0 bridgehead atoms. The quantitative estimate of drug-likeness (QED) is 0.109. The molecule has 1 aromatic carbocycles. The molecule has 11 atom stereocenters. The number of carbonyl (C=O) groups is 2. The highest BCUT2D eigenvalue weighted by Crippen LogP contribution is 2.68. The average Bonchev–Trinajstić information content (AvgIpc) is 3.40. The van der Waals surface area contributed by atoms with Crippen molar-refractivity contribution in [2.24, 2.45) is 52.3 Å². The average molecular weight is 704 g/mol. The maximum Gasteiger partial charge on any atom is 0.303 e. The van der Waals surface area contributed by atoms with Gasteiger partial charge in [-0.15, -0.1) is 0 Å². The van der Waals surface area contributed by atoms with Gasteiger partial charge >= 0.3 is 5.97 Å². The molecule has 5 rings (SSSR count). The van der Waals surface area contributed by atoms with Crippen molar-refractivity contribution >= 4 is 33.5 Å². The number of amides is 1. The number of ether oxygens (including phenoxy) is 1. The number of carboxylic acids is 1. The number of aliphatic hydroxyl groups is 2. The number of hydrogen-bond donors (Lipinski definition) is 4. The van der Waals surface area contributed by atoms with E-state index in [2.05, 4.69) is 64.2 Å². The third kappa shape index (κ3) is 8.43. The Kier molecular flexibility index (Phi) is 13.0. The molecule has 4 saturated carbocycles. The van der Waals surface area contributed by atoms with Crippen LogP contribution in [-0.4, -0.2) is 64.4 Å². The second-order valence-corrected chi connectivity index (χ2v) is 19.0. The molecule has 1 amide bonds. The Bertz CT molecular complexity index is 1230.